The van der Waals surface area contributed by atoms with Crippen molar-refractivity contribution >= 4 is 29.8 Å². The average Bonchev–Trinajstić information content (AvgIpc) is 3.24. The van der Waals surface area contributed by atoms with E-state index in [0.717, 1.165) is 30.7 Å². The molecule has 2 fully saturated rings. The monoisotopic (exact) mass is 881 g/mol. The van der Waals surface area contributed by atoms with E-state index in [9.17, 15) is 51.1 Å². The van der Waals surface area contributed by atoms with Gasteiger partial charge in [-0.2, -0.15) is 0 Å². The van der Waals surface area contributed by atoms with E-state index in [-0.39, 0.29) is 88.4 Å². The van der Waals surface area contributed by atoms with Gasteiger partial charge in [-0.15, -0.1) is 0 Å². The molecule has 2 aromatic carbocycles. The second-order valence-corrected chi connectivity index (χ2v) is 15.0. The predicted octanol–water partition coefficient (Wildman–Crippen LogP) is 3.87. The average molecular weight is 882 g/mol. The SMILES string of the molecule is COc1c2n(cc(C(=O)CCc3ccc(F)cc3F)c1=O)C[C@@H]1OCC[C@@H](C)N1C2=O.COc1c2n(cc(C(N)=O)c1=O)C[C@@H]1OCC[C@@H](C)N1C2=O.O=Cc1ccc(F)cc1F. The molecule has 3 amide bonds. The van der Waals surface area contributed by atoms with Crippen LogP contribution in [0.15, 0.2) is 58.4 Å². The van der Waals surface area contributed by atoms with Gasteiger partial charge in [0.2, 0.25) is 10.9 Å². The molecular formula is C43H43F4N5O11. The standard InChI is InChI=1S/C22H22F2N2O5.C14H17N3O5.C7H4F2O/c1-12-7-8-31-18-11-25-10-15(20(28)21(30-2)19(25)22(29)26(12)18)17(27)6-4-13-3-5-14(23)9-16(13)24;1-7-3-4-22-9-6-16-5-8(13(15)19)11(18)12(21-2)10(16)14(20)17(7)9;8-6-2-1-5(4-10)7(9)3-6/h3,5,9-10,12,18H,4,6-8,11H2,1-2H3;5,7,9H,3-4,6H2,1-2H3,(H2,15,19);1-4H/t12-,18+;7-,9+;/m11./s1. The van der Waals surface area contributed by atoms with Crippen molar-refractivity contribution in [2.75, 3.05) is 27.4 Å². The number of aryl methyl sites for hydroxylation is 1. The van der Waals surface area contributed by atoms with Crippen molar-refractivity contribution in [2.24, 2.45) is 5.73 Å². The molecule has 0 bridgehead atoms. The lowest BCUT2D eigenvalue weighted by atomic mass is 10.0. The highest BCUT2D eigenvalue weighted by molar-refractivity contribution is 6.00. The summed E-state index contributed by atoms with van der Waals surface area (Å²) >= 11 is 0. The number of aromatic nitrogens is 2. The Labute approximate surface area is 356 Å². The number of Topliss-reactive ketones (excluding diaryl/α,β-unsaturated/α-hetero) is 1. The van der Waals surface area contributed by atoms with Gasteiger partial charge >= 0.3 is 0 Å². The molecule has 0 aliphatic carbocycles. The minimum Gasteiger partial charge on any atom is -0.491 e. The zero-order chi connectivity index (χ0) is 45.9. The van der Waals surface area contributed by atoms with Crippen LogP contribution in [0.2, 0.25) is 0 Å². The molecule has 0 unspecified atom stereocenters. The van der Waals surface area contributed by atoms with Crippen LogP contribution >= 0.6 is 0 Å². The summed E-state index contributed by atoms with van der Waals surface area (Å²) in [6.07, 6.45) is 3.35. The van der Waals surface area contributed by atoms with Crippen LogP contribution in [0, 0.1) is 23.3 Å². The van der Waals surface area contributed by atoms with Crippen molar-refractivity contribution in [1.29, 1.82) is 0 Å². The molecule has 16 nitrogen and oxygen atoms in total. The van der Waals surface area contributed by atoms with Crippen molar-refractivity contribution in [3.8, 4) is 11.5 Å². The number of amides is 3. The Morgan fingerprint density at radius 2 is 1.22 bits per heavy atom. The van der Waals surface area contributed by atoms with Gasteiger partial charge in [0, 0.05) is 43.0 Å². The topological polar surface area (TPSA) is 199 Å². The number of nitrogens with zero attached hydrogens (tertiary/aromatic N) is 4. The lowest BCUT2D eigenvalue weighted by Crippen LogP contribution is -2.57. The van der Waals surface area contributed by atoms with Crippen LogP contribution < -0.4 is 26.1 Å². The summed E-state index contributed by atoms with van der Waals surface area (Å²) in [6, 6.07) is 5.89. The highest BCUT2D eigenvalue weighted by Crippen LogP contribution is 2.31. The molecule has 334 valence electrons. The Balaban J connectivity index is 0.000000178. The Bertz CT molecular complexity index is 2600. The van der Waals surface area contributed by atoms with Crippen LogP contribution in [-0.2, 0) is 29.0 Å². The summed E-state index contributed by atoms with van der Waals surface area (Å²) in [5.74, 6) is -5.40. The summed E-state index contributed by atoms with van der Waals surface area (Å²) in [6.45, 7) is 5.51. The quantitative estimate of drug-likeness (QED) is 0.153. The Morgan fingerprint density at radius 3 is 1.68 bits per heavy atom. The third-order valence-corrected chi connectivity index (χ3v) is 11.0. The third kappa shape index (κ3) is 9.26. The van der Waals surface area contributed by atoms with Crippen LogP contribution in [-0.4, -0.2) is 101 Å². The van der Waals surface area contributed by atoms with Gasteiger partial charge < -0.3 is 43.6 Å². The minimum absolute atomic E-state index is 0.00438. The second kappa shape index (κ2) is 19.2. The zero-order valence-corrected chi connectivity index (χ0v) is 34.5. The molecule has 63 heavy (non-hydrogen) atoms. The molecule has 6 heterocycles. The molecule has 0 saturated carbocycles. The first-order chi connectivity index (χ1) is 30.0. The van der Waals surface area contributed by atoms with Crippen molar-refractivity contribution in [1.82, 2.24) is 18.9 Å². The normalized spacial score (nSPS) is 19.7. The van der Waals surface area contributed by atoms with E-state index in [1.807, 2.05) is 13.8 Å². The van der Waals surface area contributed by atoms with Crippen molar-refractivity contribution in [2.45, 2.75) is 77.2 Å². The number of ketones is 1. The maximum absolute atomic E-state index is 13.9. The molecule has 2 N–H and O–H groups in total. The van der Waals surface area contributed by atoms with Crippen LogP contribution in [0.25, 0.3) is 0 Å². The summed E-state index contributed by atoms with van der Waals surface area (Å²) in [4.78, 5) is 88.5. The largest absolute Gasteiger partial charge is 0.491 e. The molecule has 4 aliphatic heterocycles. The summed E-state index contributed by atoms with van der Waals surface area (Å²) in [7, 11) is 2.56. The van der Waals surface area contributed by atoms with Crippen LogP contribution in [0.1, 0.15) is 90.7 Å². The Morgan fingerprint density at radius 1 is 0.746 bits per heavy atom. The molecule has 0 spiro atoms. The van der Waals surface area contributed by atoms with E-state index in [4.69, 9.17) is 24.7 Å². The number of carbonyl (C=O) groups excluding carboxylic acids is 5. The molecule has 20 heteroatoms. The first kappa shape index (κ1) is 45.8. The van der Waals surface area contributed by atoms with Gasteiger partial charge in [0.05, 0.1) is 51.6 Å². The van der Waals surface area contributed by atoms with Crippen LogP contribution in [0.5, 0.6) is 11.5 Å². The van der Waals surface area contributed by atoms with E-state index in [2.05, 4.69) is 0 Å². The van der Waals surface area contributed by atoms with E-state index >= 15 is 0 Å². The molecule has 0 radical (unpaired) electrons. The summed E-state index contributed by atoms with van der Waals surface area (Å²) in [5, 5.41) is 0. The van der Waals surface area contributed by atoms with Crippen molar-refractivity contribution in [3.63, 3.8) is 0 Å². The number of nitrogens with two attached hydrogens (primary N) is 1. The Hall–Kier alpha value is -6.67. The first-order valence-corrected chi connectivity index (χ1v) is 19.7. The zero-order valence-electron chi connectivity index (χ0n) is 34.5. The number of pyridine rings is 2. The van der Waals surface area contributed by atoms with Gasteiger partial charge in [0.1, 0.15) is 28.8 Å². The van der Waals surface area contributed by atoms with Gasteiger partial charge in [-0.1, -0.05) is 6.07 Å². The maximum atomic E-state index is 13.9. The number of benzene rings is 2. The van der Waals surface area contributed by atoms with Gasteiger partial charge in [-0.3, -0.25) is 33.6 Å². The first-order valence-electron chi connectivity index (χ1n) is 19.7. The van der Waals surface area contributed by atoms with Gasteiger partial charge in [-0.25, -0.2) is 17.6 Å². The van der Waals surface area contributed by atoms with Gasteiger partial charge in [-0.05, 0) is 56.9 Å². The predicted molar refractivity (Wildman–Crippen MR) is 214 cm³/mol. The van der Waals surface area contributed by atoms with E-state index in [1.165, 1.54) is 41.8 Å². The van der Waals surface area contributed by atoms with Crippen molar-refractivity contribution in [3.05, 3.63) is 126 Å². The molecule has 8 rings (SSSR count). The summed E-state index contributed by atoms with van der Waals surface area (Å²) in [5.41, 5.74) is 3.79. The van der Waals surface area contributed by atoms with E-state index in [1.54, 1.807) is 9.80 Å². The molecular weight excluding hydrogens is 838 g/mol. The number of rotatable bonds is 8. The number of primary amides is 1. The second-order valence-electron chi connectivity index (χ2n) is 15.0. The number of methoxy groups -OCH3 is 2. The number of fused-ring (bicyclic) bond motifs is 4. The molecule has 4 atom stereocenters. The Kier molecular flexibility index (Phi) is 13.9. The molecule has 2 saturated heterocycles. The minimum atomic E-state index is -0.855. The van der Waals surface area contributed by atoms with Crippen molar-refractivity contribution < 1.29 is 60.5 Å². The third-order valence-electron chi connectivity index (χ3n) is 11.0. The smallest absolute Gasteiger partial charge is 0.276 e. The molecule has 4 aliphatic rings. The highest BCUT2D eigenvalue weighted by Gasteiger charge is 2.43. The highest BCUT2D eigenvalue weighted by atomic mass is 19.1. The lowest BCUT2D eigenvalue weighted by molar-refractivity contribution is -0.112. The molecule has 2 aromatic heterocycles. The number of hydrogen-bond acceptors (Lipinski definition) is 11. The lowest BCUT2D eigenvalue weighted by Gasteiger charge is -2.44. The van der Waals surface area contributed by atoms with Gasteiger partial charge in [0.25, 0.3) is 17.7 Å². The summed E-state index contributed by atoms with van der Waals surface area (Å²) < 4.78 is 76.2. The van der Waals surface area contributed by atoms with E-state index < -0.39 is 58.3 Å². The number of aldehydes is 1. The number of carbonyl (C=O) groups is 5. The number of hydrogen-bond donors (Lipinski definition) is 1. The van der Waals surface area contributed by atoms with E-state index in [0.29, 0.717) is 38.5 Å². The fourth-order valence-electron chi connectivity index (χ4n) is 7.74. The fraction of sp³-hybridized carbons (Fsp3) is 0.372. The maximum Gasteiger partial charge on any atom is 0.276 e. The van der Waals surface area contributed by atoms with Crippen LogP contribution in [0.4, 0.5) is 17.6 Å². The van der Waals surface area contributed by atoms with Crippen LogP contribution in [0.3, 0.4) is 0 Å². The fourth-order valence-corrected chi connectivity index (χ4v) is 7.74. The number of ether oxygens (including phenoxy) is 4. The van der Waals surface area contributed by atoms with Gasteiger partial charge in [0.15, 0.2) is 47.4 Å². The molecule has 4 aromatic rings. The number of halogens is 4.